The van der Waals surface area contributed by atoms with Gasteiger partial charge in [0, 0.05) is 59.8 Å². The number of aromatic nitrogens is 4. The number of carbonyl (C=O) groups is 1. The van der Waals surface area contributed by atoms with E-state index in [1.54, 1.807) is 17.9 Å². The van der Waals surface area contributed by atoms with Crippen LogP contribution in [0.3, 0.4) is 0 Å². The molecule has 0 N–H and O–H groups in total. The van der Waals surface area contributed by atoms with Crippen LogP contribution in [0.4, 0.5) is 0 Å². The minimum atomic E-state index is -0.396. The van der Waals surface area contributed by atoms with Gasteiger partial charge in [-0.1, -0.05) is 26.2 Å². The van der Waals surface area contributed by atoms with Crippen LogP contribution < -0.4 is 11.2 Å². The number of hydrogen-bond donors (Lipinski definition) is 0. The number of nitrogens with zero attached hydrogens (tertiary/aromatic N) is 6. The SMILES string of the molecule is CCCCCCN(CCN1CCOCC1)C(=O)CCCn1cnc2c1c(=O)n(C)c(=O)n2C. The minimum absolute atomic E-state index is 0.157. The molecular weight excluding hydrogens is 424 g/mol. The fourth-order valence-corrected chi connectivity index (χ4v) is 4.30. The van der Waals surface area contributed by atoms with Crippen molar-refractivity contribution in [3.63, 3.8) is 0 Å². The van der Waals surface area contributed by atoms with Gasteiger partial charge >= 0.3 is 5.69 Å². The third-order valence-electron chi connectivity index (χ3n) is 6.43. The second-order valence-electron chi connectivity index (χ2n) is 8.81. The topological polar surface area (TPSA) is 94.6 Å². The van der Waals surface area contributed by atoms with Gasteiger partial charge in [-0.25, -0.2) is 9.78 Å². The third kappa shape index (κ3) is 6.32. The molecule has 0 aliphatic carbocycles. The number of carbonyl (C=O) groups excluding carboxylic acids is 1. The maximum Gasteiger partial charge on any atom is 0.332 e. The van der Waals surface area contributed by atoms with Crippen LogP contribution in [0.1, 0.15) is 45.4 Å². The first-order chi connectivity index (χ1) is 15.9. The van der Waals surface area contributed by atoms with E-state index in [0.29, 0.717) is 30.6 Å². The van der Waals surface area contributed by atoms with Crippen LogP contribution in [-0.2, 0) is 30.2 Å². The zero-order valence-electron chi connectivity index (χ0n) is 20.3. The summed E-state index contributed by atoms with van der Waals surface area (Å²) in [6.07, 6.45) is 7.14. The monoisotopic (exact) mass is 462 g/mol. The van der Waals surface area contributed by atoms with Gasteiger partial charge in [-0.3, -0.25) is 23.6 Å². The molecule has 2 aromatic rings. The molecule has 1 aliphatic heterocycles. The molecule has 10 heteroatoms. The molecule has 0 aromatic carbocycles. The molecule has 1 saturated heterocycles. The van der Waals surface area contributed by atoms with Gasteiger partial charge < -0.3 is 14.2 Å². The Balaban J connectivity index is 1.59. The summed E-state index contributed by atoms with van der Waals surface area (Å²) in [5, 5.41) is 0. The van der Waals surface area contributed by atoms with Crippen molar-refractivity contribution in [3.8, 4) is 0 Å². The van der Waals surface area contributed by atoms with E-state index in [1.165, 1.54) is 24.5 Å². The molecule has 3 rings (SSSR count). The van der Waals surface area contributed by atoms with E-state index in [-0.39, 0.29) is 11.5 Å². The summed E-state index contributed by atoms with van der Waals surface area (Å²) < 4.78 is 9.65. The zero-order valence-corrected chi connectivity index (χ0v) is 20.3. The van der Waals surface area contributed by atoms with E-state index in [4.69, 9.17) is 4.74 Å². The lowest BCUT2D eigenvalue weighted by atomic mass is 10.2. The van der Waals surface area contributed by atoms with Gasteiger partial charge in [-0.05, 0) is 12.8 Å². The highest BCUT2D eigenvalue weighted by Gasteiger charge is 2.18. The molecule has 2 aromatic heterocycles. The van der Waals surface area contributed by atoms with Crippen molar-refractivity contribution in [3.05, 3.63) is 27.2 Å². The number of aryl methyl sites for hydroxylation is 2. The number of amides is 1. The van der Waals surface area contributed by atoms with Gasteiger partial charge in [0.25, 0.3) is 5.56 Å². The van der Waals surface area contributed by atoms with Crippen molar-refractivity contribution >= 4 is 17.1 Å². The average Bonchev–Trinajstić information content (AvgIpc) is 3.25. The van der Waals surface area contributed by atoms with Gasteiger partial charge in [0.2, 0.25) is 5.91 Å². The van der Waals surface area contributed by atoms with Gasteiger partial charge in [-0.2, -0.15) is 0 Å². The van der Waals surface area contributed by atoms with Crippen LogP contribution in [0.5, 0.6) is 0 Å². The number of morpholine rings is 1. The normalized spacial score (nSPS) is 14.8. The largest absolute Gasteiger partial charge is 0.379 e. The van der Waals surface area contributed by atoms with Crippen molar-refractivity contribution in [2.24, 2.45) is 14.1 Å². The third-order valence-corrected chi connectivity index (χ3v) is 6.43. The number of hydrogen-bond acceptors (Lipinski definition) is 6. The van der Waals surface area contributed by atoms with Crippen molar-refractivity contribution in [1.82, 2.24) is 28.5 Å². The predicted molar refractivity (Wildman–Crippen MR) is 127 cm³/mol. The highest BCUT2D eigenvalue weighted by molar-refractivity contribution is 5.76. The summed E-state index contributed by atoms with van der Waals surface area (Å²) in [6.45, 7) is 8.45. The van der Waals surface area contributed by atoms with E-state index < -0.39 is 5.69 Å². The molecule has 33 heavy (non-hydrogen) atoms. The van der Waals surface area contributed by atoms with Crippen LogP contribution in [0.15, 0.2) is 15.9 Å². The molecule has 0 atom stereocenters. The summed E-state index contributed by atoms with van der Waals surface area (Å²) >= 11 is 0. The molecule has 1 amide bonds. The lowest BCUT2D eigenvalue weighted by Gasteiger charge is -2.30. The number of ether oxygens (including phenoxy) is 1. The molecule has 0 saturated carbocycles. The standard InChI is InChI=1S/C23H38N6O4/c1-4-5-6-7-10-28(13-12-27-14-16-33-17-15-27)19(30)9-8-11-29-18-24-21-20(29)22(31)26(3)23(32)25(21)2/h18H,4-17H2,1-3H3. The quantitative estimate of drug-likeness (QED) is 0.436. The average molecular weight is 463 g/mol. The zero-order chi connectivity index (χ0) is 23.8. The second kappa shape index (κ2) is 12.1. The first-order valence-electron chi connectivity index (χ1n) is 12.1. The first-order valence-corrected chi connectivity index (χ1v) is 12.1. The molecule has 1 fully saturated rings. The van der Waals surface area contributed by atoms with E-state index in [0.717, 1.165) is 63.3 Å². The van der Waals surface area contributed by atoms with Crippen LogP contribution >= 0.6 is 0 Å². The number of imidazole rings is 1. The molecule has 0 bridgehead atoms. The fourth-order valence-electron chi connectivity index (χ4n) is 4.30. The molecule has 3 heterocycles. The molecule has 0 unspecified atom stereocenters. The number of unbranched alkanes of at least 4 members (excludes halogenated alkanes) is 3. The van der Waals surface area contributed by atoms with Crippen molar-refractivity contribution in [1.29, 1.82) is 0 Å². The fraction of sp³-hybridized carbons (Fsp3) is 0.739. The lowest BCUT2D eigenvalue weighted by molar-refractivity contribution is -0.131. The van der Waals surface area contributed by atoms with Crippen LogP contribution in [-0.4, -0.2) is 80.3 Å². The summed E-state index contributed by atoms with van der Waals surface area (Å²) in [7, 11) is 3.08. The summed E-state index contributed by atoms with van der Waals surface area (Å²) in [6, 6.07) is 0. The molecule has 184 valence electrons. The van der Waals surface area contributed by atoms with E-state index in [9.17, 15) is 14.4 Å². The molecular formula is C23H38N6O4. The minimum Gasteiger partial charge on any atom is -0.379 e. The summed E-state index contributed by atoms with van der Waals surface area (Å²) in [5.41, 5.74) is 0.0141. The van der Waals surface area contributed by atoms with Crippen LogP contribution in [0.25, 0.3) is 11.2 Å². The van der Waals surface area contributed by atoms with Crippen molar-refractivity contribution in [2.45, 2.75) is 52.0 Å². The Morgan fingerprint density at radius 2 is 1.79 bits per heavy atom. The van der Waals surface area contributed by atoms with Crippen LogP contribution in [0.2, 0.25) is 0 Å². The van der Waals surface area contributed by atoms with Gasteiger partial charge in [0.15, 0.2) is 11.2 Å². The van der Waals surface area contributed by atoms with Gasteiger partial charge in [-0.15, -0.1) is 0 Å². The Morgan fingerprint density at radius 1 is 1.03 bits per heavy atom. The number of fused-ring (bicyclic) bond motifs is 1. The maximum absolute atomic E-state index is 13.0. The number of rotatable bonds is 12. The second-order valence-corrected chi connectivity index (χ2v) is 8.81. The highest BCUT2D eigenvalue weighted by Crippen LogP contribution is 2.10. The Morgan fingerprint density at radius 3 is 2.52 bits per heavy atom. The lowest BCUT2D eigenvalue weighted by Crippen LogP contribution is -2.43. The predicted octanol–water partition coefficient (Wildman–Crippen LogP) is 0.955. The summed E-state index contributed by atoms with van der Waals surface area (Å²) in [4.78, 5) is 46.4. The van der Waals surface area contributed by atoms with Crippen molar-refractivity contribution < 1.29 is 9.53 Å². The molecule has 10 nitrogen and oxygen atoms in total. The Labute approximate surface area is 194 Å². The van der Waals surface area contributed by atoms with E-state index >= 15 is 0 Å². The Bertz CT molecular complexity index is 1030. The van der Waals surface area contributed by atoms with Crippen molar-refractivity contribution in [2.75, 3.05) is 45.9 Å². The Hall–Kier alpha value is -2.46. The molecule has 1 aliphatic rings. The molecule has 0 radical (unpaired) electrons. The smallest absolute Gasteiger partial charge is 0.332 e. The molecule has 0 spiro atoms. The maximum atomic E-state index is 13.0. The Kier molecular flexibility index (Phi) is 9.25. The first kappa shape index (κ1) is 25.2. The highest BCUT2D eigenvalue weighted by atomic mass is 16.5. The van der Waals surface area contributed by atoms with Gasteiger partial charge in [0.1, 0.15) is 0 Å². The van der Waals surface area contributed by atoms with E-state index in [2.05, 4.69) is 16.8 Å². The van der Waals surface area contributed by atoms with Gasteiger partial charge in [0.05, 0.1) is 19.5 Å². The van der Waals surface area contributed by atoms with Crippen LogP contribution in [0, 0.1) is 0 Å². The summed E-state index contributed by atoms with van der Waals surface area (Å²) in [5.74, 6) is 0.157. The van der Waals surface area contributed by atoms with E-state index in [1.807, 2.05) is 4.90 Å².